The van der Waals surface area contributed by atoms with E-state index in [1.165, 1.54) is 5.56 Å². The standard InChI is InChI=1S/C17H29NO3/c1-6-19-11-13(3)21-12-16-10-15(14(4)18-5)8-9-17(16)20-7-2/h8-10,13-14,18H,6-7,11-12H2,1-5H3. The molecule has 0 aromatic heterocycles. The van der Waals surface area contributed by atoms with Crippen molar-refractivity contribution in [3.05, 3.63) is 29.3 Å². The molecule has 0 radical (unpaired) electrons. The van der Waals surface area contributed by atoms with Crippen LogP contribution < -0.4 is 10.1 Å². The summed E-state index contributed by atoms with van der Waals surface area (Å²) in [4.78, 5) is 0. The Morgan fingerprint density at radius 3 is 2.52 bits per heavy atom. The molecule has 0 saturated carbocycles. The first-order valence-corrected chi connectivity index (χ1v) is 7.74. The fourth-order valence-electron chi connectivity index (χ4n) is 2.01. The van der Waals surface area contributed by atoms with E-state index in [2.05, 4.69) is 24.4 Å². The first kappa shape index (κ1) is 18.0. The number of nitrogens with one attached hydrogen (secondary N) is 1. The zero-order valence-corrected chi connectivity index (χ0v) is 13.9. The van der Waals surface area contributed by atoms with Crippen LogP contribution in [0.5, 0.6) is 5.75 Å². The lowest BCUT2D eigenvalue weighted by Crippen LogP contribution is -2.17. The second-order valence-electron chi connectivity index (χ2n) is 5.09. The van der Waals surface area contributed by atoms with Crippen LogP contribution in [0.2, 0.25) is 0 Å². The van der Waals surface area contributed by atoms with Crippen LogP contribution in [0.4, 0.5) is 0 Å². The molecule has 0 aliphatic rings. The summed E-state index contributed by atoms with van der Waals surface area (Å²) in [6.07, 6.45) is 0.0739. The highest BCUT2D eigenvalue weighted by Crippen LogP contribution is 2.24. The molecule has 0 aliphatic carbocycles. The summed E-state index contributed by atoms with van der Waals surface area (Å²) in [5.41, 5.74) is 2.32. The predicted octanol–water partition coefficient (Wildman–Crippen LogP) is 3.31. The summed E-state index contributed by atoms with van der Waals surface area (Å²) in [5, 5.41) is 3.25. The van der Waals surface area contributed by atoms with Crippen molar-refractivity contribution in [3.63, 3.8) is 0 Å². The summed E-state index contributed by atoms with van der Waals surface area (Å²) < 4.78 is 16.9. The van der Waals surface area contributed by atoms with Gasteiger partial charge < -0.3 is 19.5 Å². The highest BCUT2D eigenvalue weighted by molar-refractivity contribution is 5.38. The van der Waals surface area contributed by atoms with Crippen LogP contribution in [0.3, 0.4) is 0 Å². The molecule has 2 unspecified atom stereocenters. The molecule has 1 aromatic rings. The van der Waals surface area contributed by atoms with Crippen molar-refractivity contribution in [2.75, 3.05) is 26.9 Å². The van der Waals surface area contributed by atoms with Gasteiger partial charge in [0.15, 0.2) is 0 Å². The lowest BCUT2D eigenvalue weighted by atomic mass is 10.0. The van der Waals surface area contributed by atoms with E-state index in [0.29, 0.717) is 32.5 Å². The molecule has 1 aromatic carbocycles. The minimum Gasteiger partial charge on any atom is -0.494 e. The Balaban J connectivity index is 2.75. The quantitative estimate of drug-likeness (QED) is 0.719. The molecule has 0 heterocycles. The smallest absolute Gasteiger partial charge is 0.124 e. The van der Waals surface area contributed by atoms with E-state index in [0.717, 1.165) is 11.3 Å². The minimum absolute atomic E-state index is 0.0739. The third-order valence-corrected chi connectivity index (χ3v) is 3.40. The molecule has 1 N–H and O–H groups in total. The Bertz CT molecular complexity index is 409. The van der Waals surface area contributed by atoms with Crippen molar-refractivity contribution < 1.29 is 14.2 Å². The van der Waals surface area contributed by atoms with Crippen LogP contribution in [0.25, 0.3) is 0 Å². The van der Waals surface area contributed by atoms with Gasteiger partial charge in [-0.3, -0.25) is 0 Å². The predicted molar refractivity (Wildman–Crippen MR) is 85.8 cm³/mol. The van der Waals surface area contributed by atoms with E-state index in [1.54, 1.807) is 0 Å². The van der Waals surface area contributed by atoms with Crippen molar-refractivity contribution in [2.24, 2.45) is 0 Å². The molecule has 21 heavy (non-hydrogen) atoms. The van der Waals surface area contributed by atoms with Crippen LogP contribution in [0, 0.1) is 0 Å². The first-order chi connectivity index (χ1) is 10.1. The topological polar surface area (TPSA) is 39.7 Å². The maximum Gasteiger partial charge on any atom is 0.124 e. The van der Waals surface area contributed by atoms with Gasteiger partial charge in [-0.05, 0) is 52.4 Å². The fraction of sp³-hybridized carbons (Fsp3) is 0.647. The number of hydrogen-bond acceptors (Lipinski definition) is 4. The van der Waals surface area contributed by atoms with Gasteiger partial charge in [0.25, 0.3) is 0 Å². The molecular weight excluding hydrogens is 266 g/mol. The maximum absolute atomic E-state index is 5.86. The molecule has 0 saturated heterocycles. The summed E-state index contributed by atoms with van der Waals surface area (Å²) in [6, 6.07) is 6.58. The van der Waals surface area contributed by atoms with Gasteiger partial charge in [-0.2, -0.15) is 0 Å². The number of ether oxygens (including phenoxy) is 3. The molecule has 0 bridgehead atoms. The average molecular weight is 295 g/mol. The normalized spacial score (nSPS) is 14.0. The van der Waals surface area contributed by atoms with Crippen LogP contribution >= 0.6 is 0 Å². The van der Waals surface area contributed by atoms with E-state index >= 15 is 0 Å². The second-order valence-corrected chi connectivity index (χ2v) is 5.09. The highest BCUT2D eigenvalue weighted by atomic mass is 16.5. The van der Waals surface area contributed by atoms with Gasteiger partial charge in [0, 0.05) is 18.2 Å². The van der Waals surface area contributed by atoms with Gasteiger partial charge in [-0.25, -0.2) is 0 Å². The third-order valence-electron chi connectivity index (χ3n) is 3.40. The van der Waals surface area contributed by atoms with Gasteiger partial charge in [-0.1, -0.05) is 6.07 Å². The van der Waals surface area contributed by atoms with Crippen LogP contribution in [0.15, 0.2) is 18.2 Å². The molecule has 120 valence electrons. The molecule has 4 nitrogen and oxygen atoms in total. The Morgan fingerprint density at radius 2 is 1.90 bits per heavy atom. The summed E-state index contributed by atoms with van der Waals surface area (Å²) >= 11 is 0. The van der Waals surface area contributed by atoms with E-state index < -0.39 is 0 Å². The summed E-state index contributed by atoms with van der Waals surface area (Å²) in [5.74, 6) is 0.896. The molecule has 2 atom stereocenters. The van der Waals surface area contributed by atoms with Gasteiger partial charge in [0.05, 0.1) is 25.9 Å². The Labute approximate surface area is 128 Å². The van der Waals surface area contributed by atoms with Crippen LogP contribution in [-0.4, -0.2) is 33.0 Å². The van der Waals surface area contributed by atoms with E-state index in [-0.39, 0.29) is 6.10 Å². The zero-order chi connectivity index (χ0) is 15.7. The zero-order valence-electron chi connectivity index (χ0n) is 13.9. The van der Waals surface area contributed by atoms with Gasteiger partial charge in [0.1, 0.15) is 5.75 Å². The third kappa shape index (κ3) is 6.04. The van der Waals surface area contributed by atoms with E-state index in [1.807, 2.05) is 33.9 Å². The Kier molecular flexibility index (Phi) is 8.35. The number of hydrogen-bond donors (Lipinski definition) is 1. The SMILES string of the molecule is CCOCC(C)OCc1cc(C(C)NC)ccc1OCC. The number of rotatable bonds is 10. The number of benzene rings is 1. The van der Waals surface area contributed by atoms with Gasteiger partial charge in [0.2, 0.25) is 0 Å². The van der Waals surface area contributed by atoms with Crippen molar-refractivity contribution >= 4 is 0 Å². The molecule has 1 rings (SSSR count). The average Bonchev–Trinajstić information content (AvgIpc) is 2.51. The molecule has 0 aliphatic heterocycles. The monoisotopic (exact) mass is 295 g/mol. The van der Waals surface area contributed by atoms with Crippen molar-refractivity contribution in [2.45, 2.75) is 46.4 Å². The molecule has 0 spiro atoms. The molecular formula is C17H29NO3. The lowest BCUT2D eigenvalue weighted by molar-refractivity contribution is -0.0123. The van der Waals surface area contributed by atoms with Crippen molar-refractivity contribution in [1.29, 1.82) is 0 Å². The van der Waals surface area contributed by atoms with Crippen LogP contribution in [-0.2, 0) is 16.1 Å². The van der Waals surface area contributed by atoms with Gasteiger partial charge >= 0.3 is 0 Å². The Morgan fingerprint density at radius 1 is 1.14 bits per heavy atom. The molecule has 4 heteroatoms. The molecule has 0 fully saturated rings. The highest BCUT2D eigenvalue weighted by Gasteiger charge is 2.11. The van der Waals surface area contributed by atoms with E-state index in [9.17, 15) is 0 Å². The largest absolute Gasteiger partial charge is 0.494 e. The van der Waals surface area contributed by atoms with Crippen molar-refractivity contribution in [3.8, 4) is 5.75 Å². The summed E-state index contributed by atoms with van der Waals surface area (Å²) in [7, 11) is 1.96. The maximum atomic E-state index is 5.86. The lowest BCUT2D eigenvalue weighted by Gasteiger charge is -2.18. The summed E-state index contributed by atoms with van der Waals surface area (Å²) in [6.45, 7) is 10.7. The first-order valence-electron chi connectivity index (χ1n) is 7.74. The Hall–Kier alpha value is -1.10. The van der Waals surface area contributed by atoms with Crippen molar-refractivity contribution in [1.82, 2.24) is 5.32 Å². The van der Waals surface area contributed by atoms with E-state index in [4.69, 9.17) is 14.2 Å². The van der Waals surface area contributed by atoms with Crippen LogP contribution in [0.1, 0.15) is 44.9 Å². The second kappa shape index (κ2) is 9.77. The fourth-order valence-corrected chi connectivity index (χ4v) is 2.01. The minimum atomic E-state index is 0.0739. The van der Waals surface area contributed by atoms with Gasteiger partial charge in [-0.15, -0.1) is 0 Å². The molecule has 0 amide bonds.